The summed E-state index contributed by atoms with van der Waals surface area (Å²) in [6.45, 7) is 0.375. The second-order valence-electron chi connectivity index (χ2n) is 6.42. The molecule has 0 fully saturated rings. The SMILES string of the molecule is COc1ccc(CNC(=O)c2cc3ccccc3c3cccnc23)cc1OC. The maximum absolute atomic E-state index is 12.9. The molecule has 0 aliphatic carbocycles. The topological polar surface area (TPSA) is 60.5 Å². The third-order valence-electron chi connectivity index (χ3n) is 4.76. The third kappa shape index (κ3) is 3.22. The maximum Gasteiger partial charge on any atom is 0.253 e. The number of rotatable bonds is 5. The number of hydrogen-bond acceptors (Lipinski definition) is 4. The highest BCUT2D eigenvalue weighted by molar-refractivity contribution is 6.15. The quantitative estimate of drug-likeness (QED) is 0.530. The molecule has 0 atom stereocenters. The monoisotopic (exact) mass is 372 g/mol. The van der Waals surface area contributed by atoms with E-state index in [0.717, 1.165) is 21.7 Å². The molecule has 0 aliphatic heterocycles. The molecule has 1 heterocycles. The van der Waals surface area contributed by atoms with Gasteiger partial charge in [0.2, 0.25) is 0 Å². The van der Waals surface area contributed by atoms with Crippen LogP contribution in [0.2, 0.25) is 0 Å². The molecule has 1 aromatic heterocycles. The summed E-state index contributed by atoms with van der Waals surface area (Å²) in [5.41, 5.74) is 2.19. The zero-order valence-electron chi connectivity index (χ0n) is 15.7. The molecule has 1 N–H and O–H groups in total. The summed E-state index contributed by atoms with van der Waals surface area (Å²) >= 11 is 0. The summed E-state index contributed by atoms with van der Waals surface area (Å²) in [5, 5.41) is 6.05. The molecule has 0 aliphatic rings. The van der Waals surface area contributed by atoms with Crippen molar-refractivity contribution < 1.29 is 14.3 Å². The van der Waals surface area contributed by atoms with E-state index in [1.165, 1.54) is 0 Å². The van der Waals surface area contributed by atoms with Crippen LogP contribution in [0.4, 0.5) is 0 Å². The van der Waals surface area contributed by atoms with Gasteiger partial charge < -0.3 is 14.8 Å². The van der Waals surface area contributed by atoms with Crippen LogP contribution < -0.4 is 14.8 Å². The molecule has 0 bridgehead atoms. The number of nitrogens with one attached hydrogen (secondary N) is 1. The molecule has 5 heteroatoms. The molecule has 0 spiro atoms. The van der Waals surface area contributed by atoms with Crippen LogP contribution in [-0.2, 0) is 6.54 Å². The largest absolute Gasteiger partial charge is 0.493 e. The molecule has 5 nitrogen and oxygen atoms in total. The molecule has 0 unspecified atom stereocenters. The predicted molar refractivity (Wildman–Crippen MR) is 110 cm³/mol. The summed E-state index contributed by atoms with van der Waals surface area (Å²) in [4.78, 5) is 17.4. The summed E-state index contributed by atoms with van der Waals surface area (Å²) in [6.07, 6.45) is 1.71. The first kappa shape index (κ1) is 17.8. The van der Waals surface area contributed by atoms with Gasteiger partial charge in [-0.2, -0.15) is 0 Å². The van der Waals surface area contributed by atoms with Gasteiger partial charge in [-0.1, -0.05) is 36.4 Å². The van der Waals surface area contributed by atoms with E-state index in [4.69, 9.17) is 9.47 Å². The highest BCUT2D eigenvalue weighted by Gasteiger charge is 2.14. The van der Waals surface area contributed by atoms with Gasteiger partial charge in [0.15, 0.2) is 11.5 Å². The van der Waals surface area contributed by atoms with Crippen LogP contribution in [0.3, 0.4) is 0 Å². The zero-order valence-corrected chi connectivity index (χ0v) is 15.7. The van der Waals surface area contributed by atoms with Crippen molar-refractivity contribution in [3.05, 3.63) is 78.0 Å². The molecule has 4 rings (SSSR count). The molecule has 3 aromatic carbocycles. The maximum atomic E-state index is 12.9. The Kier molecular flexibility index (Phi) is 4.81. The van der Waals surface area contributed by atoms with E-state index >= 15 is 0 Å². The fourth-order valence-electron chi connectivity index (χ4n) is 3.37. The van der Waals surface area contributed by atoms with Gasteiger partial charge in [0.25, 0.3) is 5.91 Å². The average molecular weight is 372 g/mol. The van der Waals surface area contributed by atoms with E-state index in [2.05, 4.69) is 10.3 Å². The van der Waals surface area contributed by atoms with Crippen molar-refractivity contribution in [2.75, 3.05) is 14.2 Å². The van der Waals surface area contributed by atoms with Crippen LogP contribution in [-0.4, -0.2) is 25.1 Å². The van der Waals surface area contributed by atoms with Crippen molar-refractivity contribution >= 4 is 27.6 Å². The van der Waals surface area contributed by atoms with Crippen LogP contribution in [0.5, 0.6) is 11.5 Å². The standard InChI is InChI=1S/C23H20N2O3/c1-27-20-10-9-15(12-21(20)28-2)14-25-23(26)19-13-16-6-3-4-7-17(16)18-8-5-11-24-22(18)19/h3-13H,14H2,1-2H3,(H,25,26). The van der Waals surface area contributed by atoms with Crippen molar-refractivity contribution in [3.8, 4) is 11.5 Å². The molecule has 0 saturated heterocycles. The Hall–Kier alpha value is -3.60. The van der Waals surface area contributed by atoms with Crippen LogP contribution in [0.25, 0.3) is 21.7 Å². The fraction of sp³-hybridized carbons (Fsp3) is 0.130. The van der Waals surface area contributed by atoms with E-state index in [1.54, 1.807) is 20.4 Å². The van der Waals surface area contributed by atoms with Crippen molar-refractivity contribution in [3.63, 3.8) is 0 Å². The number of hydrogen-bond donors (Lipinski definition) is 1. The number of benzene rings is 3. The number of methoxy groups -OCH3 is 2. The lowest BCUT2D eigenvalue weighted by molar-refractivity contribution is 0.0952. The lowest BCUT2D eigenvalue weighted by atomic mass is 10.0. The number of carbonyl (C=O) groups excluding carboxylic acids is 1. The van der Waals surface area contributed by atoms with Gasteiger partial charge in [0.05, 0.1) is 25.3 Å². The number of nitrogens with zero attached hydrogens (tertiary/aromatic N) is 1. The Bertz CT molecular complexity index is 1170. The van der Waals surface area contributed by atoms with Crippen LogP contribution in [0.1, 0.15) is 15.9 Å². The summed E-state index contributed by atoms with van der Waals surface area (Å²) in [5.74, 6) is 1.12. The minimum Gasteiger partial charge on any atom is -0.493 e. The molecule has 1 amide bonds. The van der Waals surface area contributed by atoms with Gasteiger partial charge in [-0.15, -0.1) is 0 Å². The van der Waals surface area contributed by atoms with E-state index in [0.29, 0.717) is 29.1 Å². The highest BCUT2D eigenvalue weighted by Crippen LogP contribution is 2.29. The normalized spacial score (nSPS) is 10.8. The Morgan fingerprint density at radius 3 is 2.54 bits per heavy atom. The van der Waals surface area contributed by atoms with E-state index in [1.807, 2.05) is 60.7 Å². The lowest BCUT2D eigenvalue weighted by Crippen LogP contribution is -2.23. The number of fused-ring (bicyclic) bond motifs is 3. The predicted octanol–water partition coefficient (Wildman–Crippen LogP) is 4.34. The van der Waals surface area contributed by atoms with Crippen molar-refractivity contribution in [1.82, 2.24) is 10.3 Å². The molecule has 0 saturated carbocycles. The molecule has 140 valence electrons. The number of amides is 1. The Balaban J connectivity index is 1.66. The number of aromatic nitrogens is 1. The highest BCUT2D eigenvalue weighted by atomic mass is 16.5. The first-order valence-corrected chi connectivity index (χ1v) is 8.97. The number of ether oxygens (including phenoxy) is 2. The second-order valence-corrected chi connectivity index (χ2v) is 6.42. The Morgan fingerprint density at radius 2 is 1.71 bits per heavy atom. The van der Waals surface area contributed by atoms with Crippen LogP contribution >= 0.6 is 0 Å². The third-order valence-corrected chi connectivity index (χ3v) is 4.76. The first-order chi connectivity index (χ1) is 13.7. The zero-order chi connectivity index (χ0) is 19.5. The lowest BCUT2D eigenvalue weighted by Gasteiger charge is -2.12. The smallest absolute Gasteiger partial charge is 0.253 e. The van der Waals surface area contributed by atoms with Gasteiger partial charge in [-0.3, -0.25) is 9.78 Å². The molecule has 4 aromatic rings. The van der Waals surface area contributed by atoms with E-state index < -0.39 is 0 Å². The molecule has 0 radical (unpaired) electrons. The second kappa shape index (κ2) is 7.56. The van der Waals surface area contributed by atoms with Gasteiger partial charge in [0.1, 0.15) is 0 Å². The summed E-state index contributed by atoms with van der Waals surface area (Å²) in [6, 6.07) is 19.4. The summed E-state index contributed by atoms with van der Waals surface area (Å²) < 4.78 is 10.6. The average Bonchev–Trinajstić information content (AvgIpc) is 2.76. The van der Waals surface area contributed by atoms with E-state index in [9.17, 15) is 4.79 Å². The Labute approximate surface area is 162 Å². The van der Waals surface area contributed by atoms with Crippen LogP contribution in [0, 0.1) is 0 Å². The van der Waals surface area contributed by atoms with Gasteiger partial charge in [-0.25, -0.2) is 0 Å². The minimum atomic E-state index is -0.163. The number of pyridine rings is 1. The number of carbonyl (C=O) groups is 1. The molecule has 28 heavy (non-hydrogen) atoms. The van der Waals surface area contributed by atoms with Crippen molar-refractivity contribution in [1.29, 1.82) is 0 Å². The van der Waals surface area contributed by atoms with Gasteiger partial charge in [-0.05, 0) is 40.6 Å². The van der Waals surface area contributed by atoms with Gasteiger partial charge in [0, 0.05) is 18.1 Å². The Morgan fingerprint density at radius 1 is 0.929 bits per heavy atom. The molecular formula is C23H20N2O3. The molecular weight excluding hydrogens is 352 g/mol. The van der Waals surface area contributed by atoms with Gasteiger partial charge >= 0.3 is 0 Å². The van der Waals surface area contributed by atoms with Crippen LogP contribution in [0.15, 0.2) is 66.9 Å². The summed E-state index contributed by atoms with van der Waals surface area (Å²) in [7, 11) is 3.18. The minimum absolute atomic E-state index is 0.163. The fourth-order valence-corrected chi connectivity index (χ4v) is 3.37. The van der Waals surface area contributed by atoms with E-state index in [-0.39, 0.29) is 5.91 Å². The van der Waals surface area contributed by atoms with Crippen molar-refractivity contribution in [2.45, 2.75) is 6.54 Å². The first-order valence-electron chi connectivity index (χ1n) is 8.97. The van der Waals surface area contributed by atoms with Crippen molar-refractivity contribution in [2.24, 2.45) is 0 Å².